The molecule has 0 saturated heterocycles. The highest BCUT2D eigenvalue weighted by atomic mass is 127. The SMILES string of the molecule is CCNC(=NCc1ccnc(Oc2ccc(C)c(C)c2)c1)NCc1nnc2ccccn12.I. The predicted octanol–water partition coefficient (Wildman–Crippen LogP) is 4.41. The zero-order valence-corrected chi connectivity index (χ0v) is 21.3. The fraction of sp³-hybridized carbons (Fsp3) is 0.250. The average molecular weight is 557 g/mol. The van der Waals surface area contributed by atoms with Crippen molar-refractivity contribution in [1.82, 2.24) is 30.2 Å². The Balaban J connectivity index is 0.00000306. The van der Waals surface area contributed by atoms with Crippen LogP contribution in [0.25, 0.3) is 5.65 Å². The van der Waals surface area contributed by atoms with E-state index in [1.54, 1.807) is 6.20 Å². The van der Waals surface area contributed by atoms with Gasteiger partial charge in [-0.1, -0.05) is 12.1 Å². The van der Waals surface area contributed by atoms with E-state index in [4.69, 9.17) is 9.73 Å². The lowest BCUT2D eigenvalue weighted by molar-refractivity contribution is 0.461. The number of benzene rings is 1. The summed E-state index contributed by atoms with van der Waals surface area (Å²) in [4.78, 5) is 9.02. The highest BCUT2D eigenvalue weighted by Crippen LogP contribution is 2.22. The lowest BCUT2D eigenvalue weighted by atomic mass is 10.1. The summed E-state index contributed by atoms with van der Waals surface area (Å²) in [7, 11) is 0. The maximum absolute atomic E-state index is 5.94. The van der Waals surface area contributed by atoms with Gasteiger partial charge in [-0.15, -0.1) is 34.2 Å². The third-order valence-electron chi connectivity index (χ3n) is 5.06. The number of hydrogen-bond acceptors (Lipinski definition) is 5. The van der Waals surface area contributed by atoms with Gasteiger partial charge in [-0.3, -0.25) is 4.40 Å². The van der Waals surface area contributed by atoms with Crippen LogP contribution >= 0.6 is 24.0 Å². The lowest BCUT2D eigenvalue weighted by Gasteiger charge is -2.11. The number of pyridine rings is 2. The largest absolute Gasteiger partial charge is 0.439 e. The van der Waals surface area contributed by atoms with Gasteiger partial charge in [0.1, 0.15) is 5.75 Å². The number of ether oxygens (including phenoxy) is 1. The van der Waals surface area contributed by atoms with Gasteiger partial charge < -0.3 is 15.4 Å². The molecule has 1 aromatic carbocycles. The van der Waals surface area contributed by atoms with Gasteiger partial charge in [0.2, 0.25) is 5.88 Å². The van der Waals surface area contributed by atoms with Gasteiger partial charge in [-0.25, -0.2) is 9.98 Å². The Morgan fingerprint density at radius 3 is 2.73 bits per heavy atom. The Kier molecular flexibility index (Phi) is 8.58. The van der Waals surface area contributed by atoms with Crippen LogP contribution < -0.4 is 15.4 Å². The van der Waals surface area contributed by atoms with E-state index in [0.29, 0.717) is 24.9 Å². The highest BCUT2D eigenvalue weighted by Gasteiger charge is 2.06. The summed E-state index contributed by atoms with van der Waals surface area (Å²) in [5, 5.41) is 15.0. The number of aliphatic imine (C=N–C) groups is 1. The molecule has 33 heavy (non-hydrogen) atoms. The minimum absolute atomic E-state index is 0. The van der Waals surface area contributed by atoms with Gasteiger partial charge in [0, 0.05) is 25.0 Å². The summed E-state index contributed by atoms with van der Waals surface area (Å²) in [6.45, 7) is 7.93. The van der Waals surface area contributed by atoms with Crippen molar-refractivity contribution in [1.29, 1.82) is 0 Å². The molecule has 3 aromatic heterocycles. The van der Waals surface area contributed by atoms with Crippen LogP contribution in [-0.4, -0.2) is 32.1 Å². The molecule has 0 radical (unpaired) electrons. The van der Waals surface area contributed by atoms with Gasteiger partial charge >= 0.3 is 0 Å². The molecule has 4 rings (SSSR count). The van der Waals surface area contributed by atoms with Crippen LogP contribution in [0.4, 0.5) is 0 Å². The monoisotopic (exact) mass is 557 g/mol. The number of aryl methyl sites for hydroxylation is 2. The first-order valence-electron chi connectivity index (χ1n) is 10.6. The number of guanidine groups is 1. The molecule has 8 nitrogen and oxygen atoms in total. The molecule has 2 N–H and O–H groups in total. The molecule has 0 aliphatic heterocycles. The second-order valence-electron chi connectivity index (χ2n) is 7.44. The first kappa shape index (κ1) is 24.4. The number of hydrogen-bond donors (Lipinski definition) is 2. The van der Waals surface area contributed by atoms with E-state index in [9.17, 15) is 0 Å². The van der Waals surface area contributed by atoms with Gasteiger partial charge in [0.15, 0.2) is 17.4 Å². The summed E-state index contributed by atoms with van der Waals surface area (Å²) in [6.07, 6.45) is 3.69. The van der Waals surface area contributed by atoms with Crippen LogP contribution in [0.1, 0.15) is 29.4 Å². The Bertz CT molecular complexity index is 1240. The molecule has 4 aromatic rings. The summed E-state index contributed by atoms with van der Waals surface area (Å²) < 4.78 is 7.89. The minimum Gasteiger partial charge on any atom is -0.439 e. The van der Waals surface area contributed by atoms with Crippen LogP contribution in [-0.2, 0) is 13.1 Å². The molecule has 0 spiro atoms. The zero-order chi connectivity index (χ0) is 22.3. The van der Waals surface area contributed by atoms with Crippen molar-refractivity contribution >= 4 is 35.6 Å². The molecular formula is C24H28IN7O. The van der Waals surface area contributed by atoms with Crippen LogP contribution in [0.5, 0.6) is 11.6 Å². The van der Waals surface area contributed by atoms with E-state index < -0.39 is 0 Å². The second-order valence-corrected chi connectivity index (χ2v) is 7.44. The van der Waals surface area contributed by atoms with Crippen molar-refractivity contribution < 1.29 is 4.74 Å². The number of nitrogens with zero attached hydrogens (tertiary/aromatic N) is 5. The summed E-state index contributed by atoms with van der Waals surface area (Å²) in [5.41, 5.74) is 4.24. The highest BCUT2D eigenvalue weighted by molar-refractivity contribution is 14.0. The van der Waals surface area contributed by atoms with E-state index in [0.717, 1.165) is 29.3 Å². The fourth-order valence-corrected chi connectivity index (χ4v) is 3.19. The van der Waals surface area contributed by atoms with Crippen molar-refractivity contribution in [3.8, 4) is 11.6 Å². The smallest absolute Gasteiger partial charge is 0.219 e. The van der Waals surface area contributed by atoms with Crippen molar-refractivity contribution in [2.24, 2.45) is 4.99 Å². The molecule has 0 atom stereocenters. The summed E-state index contributed by atoms with van der Waals surface area (Å²) in [5.74, 6) is 2.85. The maximum atomic E-state index is 5.94. The normalized spacial score (nSPS) is 11.2. The molecule has 0 amide bonds. The second kappa shape index (κ2) is 11.6. The minimum atomic E-state index is 0. The Morgan fingerprint density at radius 2 is 1.91 bits per heavy atom. The number of halogens is 1. The maximum Gasteiger partial charge on any atom is 0.219 e. The van der Waals surface area contributed by atoms with Crippen LogP contribution in [0.15, 0.2) is 65.9 Å². The number of nitrogens with one attached hydrogen (secondary N) is 2. The summed E-state index contributed by atoms with van der Waals surface area (Å²) in [6, 6.07) is 15.7. The van der Waals surface area contributed by atoms with Gasteiger partial charge in [-0.2, -0.15) is 0 Å². The third-order valence-corrected chi connectivity index (χ3v) is 5.06. The molecule has 0 unspecified atom stereocenters. The topological polar surface area (TPSA) is 88.7 Å². The molecular weight excluding hydrogens is 529 g/mol. The van der Waals surface area contributed by atoms with Gasteiger partial charge in [0.25, 0.3) is 0 Å². The summed E-state index contributed by atoms with van der Waals surface area (Å²) >= 11 is 0. The predicted molar refractivity (Wildman–Crippen MR) is 140 cm³/mol. The van der Waals surface area contributed by atoms with Crippen molar-refractivity contribution in [3.63, 3.8) is 0 Å². The number of aromatic nitrogens is 4. The Hall–Kier alpha value is -3.21. The van der Waals surface area contributed by atoms with E-state index >= 15 is 0 Å². The van der Waals surface area contributed by atoms with Crippen molar-refractivity contribution in [3.05, 3.63) is 83.4 Å². The fourth-order valence-electron chi connectivity index (χ4n) is 3.19. The van der Waals surface area contributed by atoms with E-state index in [1.807, 2.05) is 66.1 Å². The van der Waals surface area contributed by atoms with Crippen LogP contribution in [0.2, 0.25) is 0 Å². The van der Waals surface area contributed by atoms with E-state index in [-0.39, 0.29) is 24.0 Å². The Labute approximate surface area is 210 Å². The molecule has 9 heteroatoms. The van der Waals surface area contributed by atoms with Crippen LogP contribution in [0.3, 0.4) is 0 Å². The molecule has 172 valence electrons. The van der Waals surface area contributed by atoms with E-state index in [1.165, 1.54) is 11.1 Å². The first-order valence-corrected chi connectivity index (χ1v) is 10.6. The molecule has 3 heterocycles. The van der Waals surface area contributed by atoms with Gasteiger partial charge in [0.05, 0.1) is 13.1 Å². The lowest BCUT2D eigenvalue weighted by Crippen LogP contribution is -2.37. The molecule has 0 bridgehead atoms. The Morgan fingerprint density at radius 1 is 1.03 bits per heavy atom. The van der Waals surface area contributed by atoms with E-state index in [2.05, 4.69) is 39.7 Å². The first-order chi connectivity index (χ1) is 15.6. The van der Waals surface area contributed by atoms with Crippen molar-refractivity contribution in [2.75, 3.05) is 6.54 Å². The standard InChI is InChI=1S/C24H27N7O.HI/c1-4-25-24(28-16-22-30-29-21-7-5-6-12-31(21)22)27-15-19-10-11-26-23(14-19)32-20-9-8-17(2)18(3)13-20;/h5-14H,4,15-16H2,1-3H3,(H2,25,27,28);1H. The van der Waals surface area contributed by atoms with Crippen molar-refractivity contribution in [2.45, 2.75) is 33.9 Å². The number of rotatable bonds is 7. The van der Waals surface area contributed by atoms with Gasteiger partial charge in [-0.05, 0) is 67.8 Å². The molecule has 0 aliphatic carbocycles. The quantitative estimate of drug-likeness (QED) is 0.199. The number of fused-ring (bicyclic) bond motifs is 1. The average Bonchev–Trinajstić information content (AvgIpc) is 3.22. The molecule has 0 aliphatic rings. The molecule has 0 fully saturated rings. The zero-order valence-electron chi connectivity index (χ0n) is 18.9. The third kappa shape index (κ3) is 6.41. The molecule has 0 saturated carbocycles. The van der Waals surface area contributed by atoms with Crippen LogP contribution in [0, 0.1) is 13.8 Å².